The van der Waals surface area contributed by atoms with Crippen LogP contribution in [0, 0.1) is 5.92 Å². The molecule has 1 fully saturated rings. The summed E-state index contributed by atoms with van der Waals surface area (Å²) in [5.41, 5.74) is 0. The summed E-state index contributed by atoms with van der Waals surface area (Å²) in [4.78, 5) is 2.57. The Balaban J connectivity index is 1.78. The highest BCUT2D eigenvalue weighted by Crippen LogP contribution is 2.23. The molecule has 1 atom stereocenters. The highest BCUT2D eigenvalue weighted by molar-refractivity contribution is 9.10. The van der Waals surface area contributed by atoms with Gasteiger partial charge in [-0.1, -0.05) is 35.8 Å². The molecule has 1 heterocycles. The number of ether oxygens (including phenoxy) is 1. The van der Waals surface area contributed by atoms with Crippen molar-refractivity contribution in [1.29, 1.82) is 0 Å². The van der Waals surface area contributed by atoms with E-state index in [2.05, 4.69) is 34.7 Å². The predicted molar refractivity (Wildman–Crippen MR) is 79.1 cm³/mol. The van der Waals surface area contributed by atoms with Gasteiger partial charge in [-0.25, -0.2) is 0 Å². The molecule has 0 spiro atoms. The first-order chi connectivity index (χ1) is 8.66. The van der Waals surface area contributed by atoms with Crippen molar-refractivity contribution < 1.29 is 4.74 Å². The van der Waals surface area contributed by atoms with E-state index in [0.717, 1.165) is 35.3 Å². The molecule has 100 valence electrons. The van der Waals surface area contributed by atoms with Gasteiger partial charge in [-0.3, -0.25) is 4.90 Å². The van der Waals surface area contributed by atoms with Crippen molar-refractivity contribution in [2.45, 2.75) is 32.7 Å². The third-order valence-electron chi connectivity index (χ3n) is 3.63. The normalized spacial score (nSPS) is 20.6. The average Bonchev–Trinajstić information content (AvgIpc) is 2.77. The highest BCUT2D eigenvalue weighted by Gasteiger charge is 2.26. The Morgan fingerprint density at radius 1 is 1.44 bits per heavy atom. The van der Waals surface area contributed by atoms with Crippen LogP contribution in [0.4, 0.5) is 0 Å². The molecule has 1 unspecified atom stereocenters. The molecule has 0 saturated carbocycles. The third kappa shape index (κ3) is 3.72. The van der Waals surface area contributed by atoms with Crippen molar-refractivity contribution >= 4 is 15.9 Å². The zero-order valence-corrected chi connectivity index (χ0v) is 12.8. The van der Waals surface area contributed by atoms with E-state index in [-0.39, 0.29) is 0 Å². The maximum Gasteiger partial charge on any atom is 0.120 e. The zero-order chi connectivity index (χ0) is 13.0. The minimum absolute atomic E-state index is 0.746. The first kappa shape index (κ1) is 13.9. The summed E-state index contributed by atoms with van der Waals surface area (Å²) < 4.78 is 6.88. The van der Waals surface area contributed by atoms with Gasteiger partial charge in [0.1, 0.15) is 12.4 Å². The second-order valence-electron chi connectivity index (χ2n) is 5.30. The fraction of sp³-hybridized carbons (Fsp3) is 0.600. The number of benzene rings is 1. The lowest BCUT2D eigenvalue weighted by Gasteiger charge is -2.27. The van der Waals surface area contributed by atoms with Gasteiger partial charge < -0.3 is 4.74 Å². The third-order valence-corrected chi connectivity index (χ3v) is 4.12. The summed E-state index contributed by atoms with van der Waals surface area (Å²) in [6, 6.07) is 8.79. The molecule has 1 aromatic rings. The van der Waals surface area contributed by atoms with Crippen LogP contribution in [0.15, 0.2) is 28.7 Å². The molecule has 2 nitrogen and oxygen atoms in total. The van der Waals surface area contributed by atoms with Crippen LogP contribution in [0.5, 0.6) is 5.75 Å². The van der Waals surface area contributed by atoms with E-state index in [9.17, 15) is 0 Å². The van der Waals surface area contributed by atoms with Crippen molar-refractivity contribution in [1.82, 2.24) is 4.90 Å². The van der Waals surface area contributed by atoms with Gasteiger partial charge in [-0.2, -0.15) is 0 Å². The zero-order valence-electron chi connectivity index (χ0n) is 11.2. The number of likely N-dealkylation sites (tertiary alicyclic amines) is 1. The molecule has 0 bridgehead atoms. The van der Waals surface area contributed by atoms with Gasteiger partial charge >= 0.3 is 0 Å². The van der Waals surface area contributed by atoms with Crippen LogP contribution in [0.3, 0.4) is 0 Å². The molecular weight excluding hydrogens is 290 g/mol. The first-order valence-electron chi connectivity index (χ1n) is 6.79. The average molecular weight is 312 g/mol. The van der Waals surface area contributed by atoms with Crippen molar-refractivity contribution in [3.05, 3.63) is 28.7 Å². The smallest absolute Gasteiger partial charge is 0.120 e. The fourth-order valence-electron chi connectivity index (χ4n) is 2.72. The molecule has 0 aromatic heterocycles. The van der Waals surface area contributed by atoms with Crippen LogP contribution in [0.1, 0.15) is 26.7 Å². The Morgan fingerprint density at radius 3 is 3.00 bits per heavy atom. The van der Waals surface area contributed by atoms with Gasteiger partial charge in [-0.15, -0.1) is 0 Å². The van der Waals surface area contributed by atoms with E-state index in [0.29, 0.717) is 0 Å². The van der Waals surface area contributed by atoms with Crippen molar-refractivity contribution in [3.8, 4) is 5.75 Å². The van der Waals surface area contributed by atoms with Crippen LogP contribution in [-0.2, 0) is 0 Å². The topological polar surface area (TPSA) is 12.5 Å². The molecule has 1 aliphatic rings. The second kappa shape index (κ2) is 6.58. The molecule has 3 heteroatoms. The summed E-state index contributed by atoms with van der Waals surface area (Å²) >= 11 is 3.46. The van der Waals surface area contributed by atoms with Crippen LogP contribution in [0.25, 0.3) is 0 Å². The lowest BCUT2D eigenvalue weighted by molar-refractivity contribution is 0.168. The van der Waals surface area contributed by atoms with E-state index in [4.69, 9.17) is 4.74 Å². The molecule has 0 aliphatic carbocycles. The Hall–Kier alpha value is -0.540. The Bertz CT molecular complexity index is 381. The minimum Gasteiger partial charge on any atom is -0.492 e. The summed E-state index contributed by atoms with van der Waals surface area (Å²) in [6.45, 7) is 7.68. The number of hydrogen-bond acceptors (Lipinski definition) is 2. The van der Waals surface area contributed by atoms with Gasteiger partial charge in [0.2, 0.25) is 0 Å². The number of halogens is 1. The molecule has 2 rings (SSSR count). The maximum atomic E-state index is 5.81. The van der Waals surface area contributed by atoms with Crippen molar-refractivity contribution in [2.75, 3.05) is 19.7 Å². The molecule has 1 saturated heterocycles. The van der Waals surface area contributed by atoms with Gasteiger partial charge in [0, 0.05) is 17.1 Å². The molecule has 1 aromatic carbocycles. The molecule has 0 radical (unpaired) electrons. The summed E-state index contributed by atoms with van der Waals surface area (Å²) in [7, 11) is 0. The fourth-order valence-corrected chi connectivity index (χ4v) is 3.10. The van der Waals surface area contributed by atoms with Gasteiger partial charge in [0.15, 0.2) is 0 Å². The standard InChI is InChI=1S/C15H22BrNO/c1-12(2)15-7-4-8-17(15)9-10-18-14-6-3-5-13(16)11-14/h3,5-6,11-12,15H,4,7-10H2,1-2H3. The monoisotopic (exact) mass is 311 g/mol. The van der Waals surface area contributed by atoms with Crippen molar-refractivity contribution in [2.24, 2.45) is 5.92 Å². The minimum atomic E-state index is 0.746. The van der Waals surface area contributed by atoms with Crippen LogP contribution in [-0.4, -0.2) is 30.6 Å². The number of hydrogen-bond donors (Lipinski definition) is 0. The maximum absolute atomic E-state index is 5.81. The molecule has 1 aliphatic heterocycles. The van der Waals surface area contributed by atoms with E-state index < -0.39 is 0 Å². The summed E-state index contributed by atoms with van der Waals surface area (Å²) in [5.74, 6) is 1.70. The molecule has 0 amide bonds. The largest absolute Gasteiger partial charge is 0.492 e. The SMILES string of the molecule is CC(C)C1CCCN1CCOc1cccc(Br)c1. The molecular formula is C15H22BrNO. The molecule has 0 N–H and O–H groups in total. The highest BCUT2D eigenvalue weighted by atomic mass is 79.9. The van der Waals surface area contributed by atoms with E-state index >= 15 is 0 Å². The lowest BCUT2D eigenvalue weighted by atomic mass is 10.0. The number of nitrogens with zero attached hydrogens (tertiary/aromatic N) is 1. The van der Waals surface area contributed by atoms with Crippen LogP contribution >= 0.6 is 15.9 Å². The van der Waals surface area contributed by atoms with Gasteiger partial charge in [-0.05, 0) is 43.5 Å². The lowest BCUT2D eigenvalue weighted by Crippen LogP contribution is -2.36. The summed E-state index contributed by atoms with van der Waals surface area (Å²) in [5, 5.41) is 0. The van der Waals surface area contributed by atoms with Crippen LogP contribution in [0.2, 0.25) is 0 Å². The Morgan fingerprint density at radius 2 is 2.28 bits per heavy atom. The quantitative estimate of drug-likeness (QED) is 0.816. The van der Waals surface area contributed by atoms with Crippen LogP contribution < -0.4 is 4.74 Å². The Kier molecular flexibility index (Phi) is 5.07. The van der Waals surface area contributed by atoms with Crippen molar-refractivity contribution in [3.63, 3.8) is 0 Å². The first-order valence-corrected chi connectivity index (χ1v) is 7.58. The van der Waals surface area contributed by atoms with Gasteiger partial charge in [0.25, 0.3) is 0 Å². The van der Waals surface area contributed by atoms with E-state index in [1.807, 2.05) is 24.3 Å². The van der Waals surface area contributed by atoms with Gasteiger partial charge in [0.05, 0.1) is 0 Å². The number of rotatable bonds is 5. The Labute approximate surface area is 118 Å². The second-order valence-corrected chi connectivity index (χ2v) is 6.21. The van der Waals surface area contributed by atoms with E-state index in [1.54, 1.807) is 0 Å². The van der Waals surface area contributed by atoms with E-state index in [1.165, 1.54) is 19.4 Å². The summed E-state index contributed by atoms with van der Waals surface area (Å²) in [6.07, 6.45) is 2.67. The molecule has 18 heavy (non-hydrogen) atoms. The predicted octanol–water partition coefficient (Wildman–Crippen LogP) is 3.95.